The Kier molecular flexibility index (Phi) is 4.75. The van der Waals surface area contributed by atoms with Gasteiger partial charge in [0.1, 0.15) is 0 Å². The number of hydrogen-bond acceptors (Lipinski definition) is 3. The Morgan fingerprint density at radius 2 is 2.29 bits per heavy atom. The van der Waals surface area contributed by atoms with Gasteiger partial charge in [0.05, 0.1) is 0 Å². The number of thioether (sulfide) groups is 1. The number of carboxylic acids is 1. The lowest BCUT2D eigenvalue weighted by Gasteiger charge is -2.35. The third kappa shape index (κ3) is 3.50. The quantitative estimate of drug-likeness (QED) is 0.775. The van der Waals surface area contributed by atoms with Crippen molar-refractivity contribution < 1.29 is 9.90 Å². The van der Waals surface area contributed by atoms with Crippen LogP contribution in [0, 0.1) is 5.92 Å². The van der Waals surface area contributed by atoms with Crippen LogP contribution in [0.25, 0.3) is 0 Å². The maximum absolute atomic E-state index is 10.5. The first-order valence-electron chi connectivity index (χ1n) is 5.07. The Morgan fingerprint density at radius 1 is 1.57 bits per heavy atom. The van der Waals surface area contributed by atoms with Crippen molar-refractivity contribution in [2.75, 3.05) is 25.6 Å². The molecule has 3 nitrogen and oxygen atoms in total. The van der Waals surface area contributed by atoms with E-state index in [-0.39, 0.29) is 0 Å². The smallest absolute Gasteiger partial charge is 0.303 e. The van der Waals surface area contributed by atoms with Crippen molar-refractivity contribution in [3.63, 3.8) is 0 Å². The number of carboxylic acid groups (broad SMARTS) is 1. The van der Waals surface area contributed by atoms with Gasteiger partial charge in [0.2, 0.25) is 0 Å². The van der Waals surface area contributed by atoms with Crippen molar-refractivity contribution in [3.05, 3.63) is 0 Å². The average molecular weight is 217 g/mol. The fourth-order valence-corrected chi connectivity index (χ4v) is 3.43. The van der Waals surface area contributed by atoms with E-state index in [1.807, 2.05) is 11.8 Å². The van der Waals surface area contributed by atoms with Crippen molar-refractivity contribution in [2.45, 2.75) is 25.3 Å². The molecule has 0 aromatic carbocycles. The monoisotopic (exact) mass is 217 g/mol. The maximum Gasteiger partial charge on any atom is 0.303 e. The van der Waals surface area contributed by atoms with Crippen LogP contribution in [0.5, 0.6) is 0 Å². The second-order valence-corrected chi connectivity index (χ2v) is 5.24. The van der Waals surface area contributed by atoms with Crippen LogP contribution in [-0.2, 0) is 4.79 Å². The molecule has 1 N–H and O–H groups in total. The van der Waals surface area contributed by atoms with Crippen LogP contribution in [0.15, 0.2) is 0 Å². The van der Waals surface area contributed by atoms with Gasteiger partial charge < -0.3 is 10.0 Å². The van der Waals surface area contributed by atoms with Crippen LogP contribution in [-0.4, -0.2) is 47.6 Å². The molecule has 0 amide bonds. The van der Waals surface area contributed by atoms with E-state index in [4.69, 9.17) is 5.11 Å². The highest BCUT2D eigenvalue weighted by Crippen LogP contribution is 2.29. The van der Waals surface area contributed by atoms with Crippen LogP contribution >= 0.6 is 11.8 Å². The van der Waals surface area contributed by atoms with E-state index in [0.717, 1.165) is 12.2 Å². The molecule has 0 aliphatic carbocycles. The summed E-state index contributed by atoms with van der Waals surface area (Å²) in [6, 6.07) is 0.563. The first kappa shape index (κ1) is 11.9. The van der Waals surface area contributed by atoms with Crippen molar-refractivity contribution in [1.29, 1.82) is 0 Å². The van der Waals surface area contributed by atoms with Gasteiger partial charge in [-0.1, -0.05) is 0 Å². The van der Waals surface area contributed by atoms with Crippen molar-refractivity contribution in [2.24, 2.45) is 5.92 Å². The minimum atomic E-state index is -0.666. The normalized spacial score (nSPS) is 27.9. The van der Waals surface area contributed by atoms with Gasteiger partial charge in [0, 0.05) is 18.2 Å². The second kappa shape index (κ2) is 5.61. The fourth-order valence-electron chi connectivity index (χ4n) is 1.98. The Morgan fingerprint density at radius 3 is 2.86 bits per heavy atom. The molecule has 0 bridgehead atoms. The summed E-state index contributed by atoms with van der Waals surface area (Å²) in [5.74, 6) is 2.24. The number of nitrogens with zero attached hydrogens (tertiary/aromatic N) is 1. The molecule has 2 unspecified atom stereocenters. The highest BCUT2D eigenvalue weighted by atomic mass is 32.2. The topological polar surface area (TPSA) is 40.5 Å². The van der Waals surface area contributed by atoms with Gasteiger partial charge in [-0.25, -0.2) is 0 Å². The predicted octanol–water partition coefficient (Wildman–Crippen LogP) is 1.53. The van der Waals surface area contributed by atoms with Gasteiger partial charge in [0.15, 0.2) is 0 Å². The standard InChI is InChI=1S/C10H19NO2S/c1-11(2)9-7-14-6-5-8(9)3-4-10(12)13/h8-9H,3-7H2,1-2H3,(H,12,13). The molecule has 14 heavy (non-hydrogen) atoms. The number of hydrogen-bond donors (Lipinski definition) is 1. The molecule has 1 saturated heterocycles. The molecule has 1 aliphatic rings. The van der Waals surface area contributed by atoms with Gasteiger partial charge >= 0.3 is 5.97 Å². The summed E-state index contributed by atoms with van der Waals surface area (Å²) in [7, 11) is 4.18. The summed E-state index contributed by atoms with van der Waals surface area (Å²) in [6.45, 7) is 0. The minimum Gasteiger partial charge on any atom is -0.481 e. The summed E-state index contributed by atoms with van der Waals surface area (Å²) in [5.41, 5.74) is 0. The third-order valence-corrected chi connectivity index (χ3v) is 3.96. The van der Waals surface area contributed by atoms with E-state index in [0.29, 0.717) is 18.4 Å². The first-order valence-corrected chi connectivity index (χ1v) is 6.22. The van der Waals surface area contributed by atoms with Crippen LogP contribution in [0.4, 0.5) is 0 Å². The highest BCUT2D eigenvalue weighted by molar-refractivity contribution is 7.99. The lowest BCUT2D eigenvalue weighted by molar-refractivity contribution is -0.137. The Balaban J connectivity index is 2.41. The molecule has 82 valence electrons. The van der Waals surface area contributed by atoms with Gasteiger partial charge in [-0.3, -0.25) is 4.79 Å². The van der Waals surface area contributed by atoms with E-state index in [2.05, 4.69) is 19.0 Å². The molecule has 1 rings (SSSR count). The van der Waals surface area contributed by atoms with Gasteiger partial charge in [-0.05, 0) is 38.6 Å². The molecule has 1 heterocycles. The summed E-state index contributed by atoms with van der Waals surface area (Å²) < 4.78 is 0. The molecule has 0 aromatic rings. The van der Waals surface area contributed by atoms with E-state index in [1.165, 1.54) is 12.2 Å². The van der Waals surface area contributed by atoms with Crippen molar-refractivity contribution in [3.8, 4) is 0 Å². The average Bonchev–Trinajstić information content (AvgIpc) is 2.15. The summed E-state index contributed by atoms with van der Waals surface area (Å²) in [6.07, 6.45) is 2.32. The minimum absolute atomic E-state index is 0.319. The Bertz CT molecular complexity index is 197. The van der Waals surface area contributed by atoms with E-state index in [9.17, 15) is 4.79 Å². The molecule has 1 fully saturated rings. The fraction of sp³-hybridized carbons (Fsp3) is 0.900. The van der Waals surface area contributed by atoms with Crippen molar-refractivity contribution >= 4 is 17.7 Å². The number of carbonyl (C=O) groups is 1. The molecular formula is C10H19NO2S. The number of rotatable bonds is 4. The van der Waals surface area contributed by atoms with E-state index >= 15 is 0 Å². The predicted molar refractivity (Wildman–Crippen MR) is 59.8 cm³/mol. The van der Waals surface area contributed by atoms with Crippen LogP contribution in [0.3, 0.4) is 0 Å². The number of aliphatic carboxylic acids is 1. The summed E-state index contributed by atoms with van der Waals surface area (Å²) >= 11 is 1.98. The van der Waals surface area contributed by atoms with Crippen LogP contribution < -0.4 is 0 Å². The lowest BCUT2D eigenvalue weighted by Crippen LogP contribution is -2.40. The molecule has 0 saturated carbocycles. The molecule has 0 radical (unpaired) electrons. The molecule has 4 heteroatoms. The van der Waals surface area contributed by atoms with Gasteiger partial charge in [0.25, 0.3) is 0 Å². The second-order valence-electron chi connectivity index (χ2n) is 4.09. The first-order chi connectivity index (χ1) is 6.61. The molecule has 0 spiro atoms. The molecule has 2 atom stereocenters. The lowest BCUT2D eigenvalue weighted by atomic mass is 9.92. The Hall–Kier alpha value is -0.220. The zero-order valence-corrected chi connectivity index (χ0v) is 9.72. The van der Waals surface area contributed by atoms with E-state index in [1.54, 1.807) is 0 Å². The van der Waals surface area contributed by atoms with Crippen LogP contribution in [0.1, 0.15) is 19.3 Å². The molecule has 0 aromatic heterocycles. The summed E-state index contributed by atoms with van der Waals surface area (Å²) in [5, 5.41) is 8.65. The van der Waals surface area contributed by atoms with Gasteiger partial charge in [-0.2, -0.15) is 11.8 Å². The summed E-state index contributed by atoms with van der Waals surface area (Å²) in [4.78, 5) is 12.7. The van der Waals surface area contributed by atoms with Crippen LogP contribution in [0.2, 0.25) is 0 Å². The third-order valence-electron chi connectivity index (χ3n) is 2.86. The Labute approximate surface area is 89.9 Å². The molecule has 1 aliphatic heterocycles. The SMILES string of the molecule is CN(C)C1CSCCC1CCC(=O)O. The highest BCUT2D eigenvalue weighted by Gasteiger charge is 2.27. The molecular weight excluding hydrogens is 198 g/mol. The zero-order chi connectivity index (χ0) is 10.6. The van der Waals surface area contributed by atoms with Gasteiger partial charge in [-0.15, -0.1) is 0 Å². The zero-order valence-electron chi connectivity index (χ0n) is 8.90. The maximum atomic E-state index is 10.5. The van der Waals surface area contributed by atoms with Crippen molar-refractivity contribution in [1.82, 2.24) is 4.90 Å². The van der Waals surface area contributed by atoms with E-state index < -0.39 is 5.97 Å². The largest absolute Gasteiger partial charge is 0.481 e.